The van der Waals surface area contributed by atoms with Gasteiger partial charge in [0.15, 0.2) is 0 Å². The molecule has 0 aliphatic carbocycles. The Morgan fingerprint density at radius 2 is 0.676 bits per heavy atom. The Kier molecular flexibility index (Phi) is 12.7. The van der Waals surface area contributed by atoms with E-state index in [4.69, 9.17) is 0 Å². The van der Waals surface area contributed by atoms with Gasteiger partial charge in [0.2, 0.25) is 0 Å². The van der Waals surface area contributed by atoms with Gasteiger partial charge in [-0.25, -0.2) is 0 Å². The van der Waals surface area contributed by atoms with Crippen LogP contribution >= 0.6 is 21.6 Å². The van der Waals surface area contributed by atoms with Gasteiger partial charge in [0.05, 0.1) is 45.1 Å². The summed E-state index contributed by atoms with van der Waals surface area (Å²) in [6, 6.07) is 68.9. The normalized spacial score (nSPS) is 19.4. The van der Waals surface area contributed by atoms with Crippen LogP contribution in [0.5, 0.6) is 0 Å². The van der Waals surface area contributed by atoms with E-state index < -0.39 is 20.0 Å². The molecule has 4 atom stereocenters. The molecule has 2 aliphatic rings. The van der Waals surface area contributed by atoms with Gasteiger partial charge in [-0.15, -0.1) is 8.80 Å². The lowest BCUT2D eigenvalue weighted by atomic mass is 9.77. The number of nitrogens with zero attached hydrogens (tertiary/aromatic N) is 4. The zero-order valence-corrected chi connectivity index (χ0v) is 40.4. The summed E-state index contributed by atoms with van der Waals surface area (Å²) in [6.07, 6.45) is 0. The molecular weight excluding hydrogens is 921 g/mol. The zero-order chi connectivity index (χ0) is 46.8. The van der Waals surface area contributed by atoms with E-state index in [1.54, 1.807) is 82.3 Å². The third kappa shape index (κ3) is 8.92. The molecule has 0 radical (unpaired) electrons. The third-order valence-electron chi connectivity index (χ3n) is 12.4. The summed E-state index contributed by atoms with van der Waals surface area (Å²) in [5.74, 6) is 0.129. The van der Waals surface area contributed by atoms with E-state index in [1.807, 2.05) is 109 Å². The Morgan fingerprint density at radius 1 is 0.368 bits per heavy atom. The highest BCUT2D eigenvalue weighted by atomic mass is 33.1. The van der Waals surface area contributed by atoms with Crippen molar-refractivity contribution >= 4 is 64.7 Å². The van der Waals surface area contributed by atoms with E-state index in [0.717, 1.165) is 54.5 Å². The SMILES string of the molecule is Cc1ccc(C2C(c3ccccc3)/C(=N/S(=O)(=O)c3ccccc3)N2c2ccccc2SSc2ccccc2N2/C(=N\S(=O)(=O)c3ccccc3)C(c3ccccc3)C2c2ccc(C)cc2)cc1. The number of aryl methyl sites for hydroxylation is 2. The summed E-state index contributed by atoms with van der Waals surface area (Å²) in [6.45, 7) is 4.11. The maximum Gasteiger partial charge on any atom is 0.283 e. The first-order chi connectivity index (χ1) is 33.1. The van der Waals surface area contributed by atoms with Crippen LogP contribution in [0.2, 0.25) is 0 Å². The maximum absolute atomic E-state index is 14.2. The molecule has 2 saturated heterocycles. The molecule has 0 saturated carbocycles. The number of hydrogen-bond acceptors (Lipinski definition) is 6. The number of amidine groups is 2. The second-order valence-electron chi connectivity index (χ2n) is 16.8. The van der Waals surface area contributed by atoms with Gasteiger partial charge in [0.1, 0.15) is 11.7 Å². The maximum atomic E-state index is 14.2. The van der Waals surface area contributed by atoms with Crippen molar-refractivity contribution in [3.63, 3.8) is 0 Å². The van der Waals surface area contributed by atoms with Crippen LogP contribution in [0.1, 0.15) is 57.3 Å². The van der Waals surface area contributed by atoms with Crippen molar-refractivity contribution in [1.29, 1.82) is 0 Å². The van der Waals surface area contributed by atoms with Crippen LogP contribution in [0.15, 0.2) is 247 Å². The monoisotopic (exact) mass is 966 g/mol. The van der Waals surface area contributed by atoms with Crippen LogP contribution in [0.25, 0.3) is 0 Å². The minimum absolute atomic E-state index is 0.122. The van der Waals surface area contributed by atoms with Gasteiger partial charge in [-0.05, 0) is 84.6 Å². The second-order valence-corrected chi connectivity index (χ2v) is 22.2. The molecule has 0 spiro atoms. The second kappa shape index (κ2) is 19.1. The van der Waals surface area contributed by atoms with Gasteiger partial charge < -0.3 is 9.80 Å². The summed E-state index contributed by atoms with van der Waals surface area (Å²) < 4.78 is 66.1. The highest BCUT2D eigenvalue weighted by Crippen LogP contribution is 2.56. The van der Waals surface area contributed by atoms with Crippen LogP contribution in [-0.2, 0) is 20.0 Å². The van der Waals surface area contributed by atoms with Crippen molar-refractivity contribution in [3.8, 4) is 0 Å². The molecule has 10 rings (SSSR count). The van der Waals surface area contributed by atoms with Crippen molar-refractivity contribution in [2.45, 2.75) is 57.3 Å². The van der Waals surface area contributed by atoms with Gasteiger partial charge in [-0.2, -0.15) is 16.8 Å². The molecule has 2 heterocycles. The molecule has 0 aromatic heterocycles. The first-order valence-electron chi connectivity index (χ1n) is 22.2. The standard InChI is InChI=1S/C56H46N4O4S4/c1-39-31-35-43(36-32-39)53-51(41-19-7-3-8-20-41)55(57-67(61,62)45-23-11-5-12-24-45)59(53)47-27-15-17-29-49(47)65-66-50-30-18-16-28-48(50)60-54(44-37-33-40(2)34-38-44)52(42-21-9-4-10-22-42)56(60)58-68(63,64)46-25-13-6-14-26-46/h3-38,51-54H,1-2H3/b57-55-,58-56-. The van der Waals surface area contributed by atoms with Gasteiger partial charge in [-0.3, -0.25) is 0 Å². The molecule has 8 aromatic carbocycles. The predicted octanol–water partition coefficient (Wildman–Crippen LogP) is 13.4. The minimum Gasteiger partial charge on any atom is -0.319 e. The lowest BCUT2D eigenvalue weighted by molar-refractivity contribution is 0.563. The van der Waals surface area contributed by atoms with Gasteiger partial charge in [-0.1, -0.05) is 203 Å². The average molecular weight is 967 g/mol. The first kappa shape index (κ1) is 45.1. The third-order valence-corrected chi connectivity index (χ3v) is 17.4. The highest BCUT2D eigenvalue weighted by Gasteiger charge is 2.51. The lowest BCUT2D eigenvalue weighted by Crippen LogP contribution is -2.54. The summed E-state index contributed by atoms with van der Waals surface area (Å²) in [4.78, 5) is 6.17. The first-order valence-corrected chi connectivity index (χ1v) is 27.2. The van der Waals surface area contributed by atoms with E-state index in [2.05, 4.69) is 81.0 Å². The Hall–Kier alpha value is -6.70. The fraction of sp³-hybridized carbons (Fsp3) is 0.107. The molecule has 2 aliphatic heterocycles. The number of anilines is 2. The van der Waals surface area contributed by atoms with Crippen LogP contribution in [0, 0.1) is 13.8 Å². The van der Waals surface area contributed by atoms with E-state index in [0.29, 0.717) is 11.7 Å². The van der Waals surface area contributed by atoms with Crippen molar-refractivity contribution in [2.75, 3.05) is 9.80 Å². The summed E-state index contributed by atoms with van der Waals surface area (Å²) in [5.41, 5.74) is 7.84. The van der Waals surface area contributed by atoms with E-state index in [9.17, 15) is 16.8 Å². The van der Waals surface area contributed by atoms with Crippen LogP contribution < -0.4 is 9.80 Å². The molecule has 4 unspecified atom stereocenters. The van der Waals surface area contributed by atoms with E-state index in [-0.39, 0.29) is 33.7 Å². The Balaban J connectivity index is 1.07. The average Bonchev–Trinajstić information content (AvgIpc) is 3.36. The van der Waals surface area contributed by atoms with Crippen molar-refractivity contribution in [3.05, 3.63) is 252 Å². The smallest absolute Gasteiger partial charge is 0.283 e. The molecular formula is C56H46N4O4S4. The van der Waals surface area contributed by atoms with E-state index in [1.165, 1.54) is 0 Å². The van der Waals surface area contributed by atoms with Crippen LogP contribution in [0.4, 0.5) is 11.4 Å². The van der Waals surface area contributed by atoms with Crippen molar-refractivity contribution in [2.24, 2.45) is 8.80 Å². The summed E-state index contributed by atoms with van der Waals surface area (Å²) in [5, 5.41) is 0. The fourth-order valence-electron chi connectivity index (χ4n) is 9.02. The Morgan fingerprint density at radius 3 is 1.03 bits per heavy atom. The zero-order valence-electron chi connectivity index (χ0n) is 37.1. The highest BCUT2D eigenvalue weighted by molar-refractivity contribution is 8.76. The fourth-order valence-corrected chi connectivity index (χ4v) is 13.5. The molecule has 0 bridgehead atoms. The number of para-hydroxylation sites is 2. The molecule has 12 heteroatoms. The summed E-state index contributed by atoms with van der Waals surface area (Å²) in [7, 11) is -5.12. The van der Waals surface area contributed by atoms with Crippen LogP contribution in [0.3, 0.4) is 0 Å². The topological polar surface area (TPSA) is 99.5 Å². The number of hydrogen-bond donors (Lipinski definition) is 0. The predicted molar refractivity (Wildman–Crippen MR) is 278 cm³/mol. The van der Waals surface area contributed by atoms with Crippen LogP contribution in [-0.4, -0.2) is 28.5 Å². The molecule has 0 N–H and O–H groups in total. The minimum atomic E-state index is -4.11. The van der Waals surface area contributed by atoms with Gasteiger partial charge in [0.25, 0.3) is 20.0 Å². The molecule has 338 valence electrons. The summed E-state index contributed by atoms with van der Waals surface area (Å²) >= 11 is 0. The molecule has 2 fully saturated rings. The number of benzene rings is 8. The number of rotatable bonds is 13. The quantitative estimate of drug-likeness (QED) is 0.105. The molecule has 0 amide bonds. The Bertz CT molecular complexity index is 3130. The lowest BCUT2D eigenvalue weighted by Gasteiger charge is -2.51. The number of sulfonamides is 2. The van der Waals surface area contributed by atoms with Gasteiger partial charge in [0, 0.05) is 9.79 Å². The largest absolute Gasteiger partial charge is 0.319 e. The molecule has 68 heavy (non-hydrogen) atoms. The van der Waals surface area contributed by atoms with Crippen molar-refractivity contribution < 1.29 is 16.8 Å². The molecule has 8 aromatic rings. The molecule has 8 nitrogen and oxygen atoms in total. The Labute approximate surface area is 406 Å². The van der Waals surface area contributed by atoms with Crippen molar-refractivity contribution in [1.82, 2.24) is 0 Å². The van der Waals surface area contributed by atoms with E-state index >= 15 is 0 Å². The van der Waals surface area contributed by atoms with Gasteiger partial charge >= 0.3 is 0 Å².